The third-order valence-electron chi connectivity index (χ3n) is 3.62. The Bertz CT molecular complexity index is 424. The highest BCUT2D eigenvalue weighted by molar-refractivity contribution is 5.94. The van der Waals surface area contributed by atoms with Crippen molar-refractivity contribution in [1.82, 2.24) is 10.6 Å². The van der Waals surface area contributed by atoms with Crippen LogP contribution in [0.3, 0.4) is 0 Å². The molecule has 4 N–H and O–H groups in total. The molecule has 0 atom stereocenters. The maximum absolute atomic E-state index is 12.0. The van der Waals surface area contributed by atoms with E-state index in [1.54, 1.807) is 0 Å². The summed E-state index contributed by atoms with van der Waals surface area (Å²) >= 11 is 0. The molecular formula is C20H36N2O4. The molecule has 6 nitrogen and oxygen atoms in total. The van der Waals surface area contributed by atoms with Gasteiger partial charge in [0.1, 0.15) is 6.79 Å². The maximum Gasteiger partial charge on any atom is 0.251 e. The first-order valence-electron chi connectivity index (χ1n) is 9.20. The lowest BCUT2D eigenvalue weighted by Crippen LogP contribution is -2.24. The van der Waals surface area contributed by atoms with Crippen LogP contribution in [0.1, 0.15) is 61.4 Å². The molecule has 26 heavy (non-hydrogen) atoms. The third-order valence-corrected chi connectivity index (χ3v) is 3.62. The van der Waals surface area contributed by atoms with Gasteiger partial charge in [-0.05, 0) is 37.1 Å². The van der Waals surface area contributed by atoms with E-state index >= 15 is 0 Å². The zero-order valence-electron chi connectivity index (χ0n) is 16.3. The van der Waals surface area contributed by atoms with Crippen LogP contribution in [-0.4, -0.2) is 49.7 Å². The first kappa shape index (κ1) is 26.5. The largest absolute Gasteiger partial charge is 0.400 e. The zero-order valence-corrected chi connectivity index (χ0v) is 16.3. The summed E-state index contributed by atoms with van der Waals surface area (Å²) in [5, 5.41) is 21.9. The fourth-order valence-corrected chi connectivity index (χ4v) is 2.24. The van der Waals surface area contributed by atoms with Crippen LogP contribution in [0.4, 0.5) is 0 Å². The van der Waals surface area contributed by atoms with Gasteiger partial charge in [0.25, 0.3) is 5.91 Å². The number of unbranched alkanes of at least 4 members (excludes halogenated alkanes) is 4. The van der Waals surface area contributed by atoms with Gasteiger partial charge < -0.3 is 25.6 Å². The molecule has 0 aliphatic carbocycles. The van der Waals surface area contributed by atoms with Crippen LogP contribution in [-0.2, 0) is 11.3 Å². The van der Waals surface area contributed by atoms with Gasteiger partial charge in [-0.1, -0.05) is 44.7 Å². The Morgan fingerprint density at radius 3 is 2.15 bits per heavy atom. The predicted molar refractivity (Wildman–Crippen MR) is 106 cm³/mol. The second-order valence-corrected chi connectivity index (χ2v) is 5.62. The molecule has 0 heterocycles. The molecular weight excluding hydrogens is 332 g/mol. The van der Waals surface area contributed by atoms with Gasteiger partial charge in [0, 0.05) is 32.4 Å². The molecule has 1 amide bonds. The number of aliphatic hydroxyl groups excluding tert-OH is 2. The number of carbonyl (C=O) groups excluding carboxylic acids is 2. The van der Waals surface area contributed by atoms with Crippen LogP contribution in [0.5, 0.6) is 0 Å². The highest BCUT2D eigenvalue weighted by Crippen LogP contribution is 2.05. The van der Waals surface area contributed by atoms with Crippen molar-refractivity contribution in [3.8, 4) is 0 Å². The summed E-state index contributed by atoms with van der Waals surface area (Å²) < 4.78 is 0. The minimum Gasteiger partial charge on any atom is -0.400 e. The van der Waals surface area contributed by atoms with E-state index in [0.29, 0.717) is 5.56 Å². The van der Waals surface area contributed by atoms with Crippen LogP contribution in [0.25, 0.3) is 0 Å². The van der Waals surface area contributed by atoms with Crippen LogP contribution in [0.15, 0.2) is 24.3 Å². The third kappa shape index (κ3) is 14.6. The Morgan fingerprint density at radius 2 is 1.58 bits per heavy atom. The lowest BCUT2D eigenvalue weighted by atomic mass is 10.1. The van der Waals surface area contributed by atoms with Gasteiger partial charge in [-0.3, -0.25) is 4.79 Å². The van der Waals surface area contributed by atoms with Crippen molar-refractivity contribution in [3.05, 3.63) is 35.4 Å². The monoisotopic (exact) mass is 368 g/mol. The number of amides is 1. The maximum atomic E-state index is 12.0. The summed E-state index contributed by atoms with van der Waals surface area (Å²) in [5.74, 6) is 0.00952. The fraction of sp³-hybridized carbons (Fsp3) is 0.600. The van der Waals surface area contributed by atoms with Crippen molar-refractivity contribution in [2.45, 2.75) is 52.0 Å². The normalized spacial score (nSPS) is 9.38. The van der Waals surface area contributed by atoms with Crippen molar-refractivity contribution < 1.29 is 19.8 Å². The molecule has 1 rings (SSSR count). The predicted octanol–water partition coefficient (Wildman–Crippen LogP) is 2.28. The molecule has 0 radical (unpaired) electrons. The van der Waals surface area contributed by atoms with E-state index < -0.39 is 0 Å². The summed E-state index contributed by atoms with van der Waals surface area (Å²) in [6.45, 7) is 6.74. The molecule has 0 spiro atoms. The van der Waals surface area contributed by atoms with Crippen molar-refractivity contribution >= 4 is 12.7 Å². The van der Waals surface area contributed by atoms with Gasteiger partial charge in [-0.25, -0.2) is 0 Å². The molecule has 0 saturated carbocycles. The van der Waals surface area contributed by atoms with Crippen molar-refractivity contribution in [2.24, 2.45) is 0 Å². The number of hydrogen-bond acceptors (Lipinski definition) is 5. The van der Waals surface area contributed by atoms with Crippen LogP contribution >= 0.6 is 0 Å². The molecule has 1 aromatic rings. The lowest BCUT2D eigenvalue weighted by molar-refractivity contribution is -0.0980. The standard InChI is InChI=1S/C18H30N2O2.CH4O.CH2O/c1-2-3-4-5-6-13-20-18(22)17-10-8-16(9-11-17)15-19-12-7-14-21;2*1-2/h8-11,19,21H,2-7,12-15H2,1H3,(H,20,22);2H,1H3;1H2. The molecule has 0 aromatic heterocycles. The van der Waals surface area contributed by atoms with Crippen molar-refractivity contribution in [3.63, 3.8) is 0 Å². The molecule has 0 fully saturated rings. The summed E-state index contributed by atoms with van der Waals surface area (Å²) in [4.78, 5) is 20.0. The molecule has 0 saturated heterocycles. The number of rotatable bonds is 12. The van der Waals surface area contributed by atoms with Crippen molar-refractivity contribution in [1.29, 1.82) is 0 Å². The summed E-state index contributed by atoms with van der Waals surface area (Å²) in [6, 6.07) is 7.69. The van der Waals surface area contributed by atoms with Gasteiger partial charge in [0.05, 0.1) is 0 Å². The topological polar surface area (TPSA) is 98.7 Å². The minimum atomic E-state index is 0.00952. The average Bonchev–Trinajstić information content (AvgIpc) is 2.71. The van der Waals surface area contributed by atoms with E-state index in [1.165, 1.54) is 25.7 Å². The van der Waals surface area contributed by atoms with Gasteiger partial charge >= 0.3 is 0 Å². The Labute approximate surface area is 158 Å². The first-order valence-corrected chi connectivity index (χ1v) is 9.20. The van der Waals surface area contributed by atoms with Gasteiger partial charge in [-0.2, -0.15) is 0 Å². The Hall–Kier alpha value is -1.76. The number of aliphatic hydroxyl groups is 2. The number of benzene rings is 1. The first-order chi connectivity index (χ1) is 12.8. The SMILES string of the molecule is C=O.CCCCCCCNC(=O)c1ccc(CNCCCO)cc1.CO. The van der Waals surface area contributed by atoms with E-state index in [-0.39, 0.29) is 12.5 Å². The summed E-state index contributed by atoms with van der Waals surface area (Å²) in [5.41, 5.74) is 1.86. The van der Waals surface area contributed by atoms with Crippen LogP contribution < -0.4 is 10.6 Å². The minimum absolute atomic E-state index is 0.00952. The number of hydrogen-bond donors (Lipinski definition) is 4. The Balaban J connectivity index is 0. The van der Waals surface area contributed by atoms with Crippen LogP contribution in [0, 0.1) is 0 Å². The summed E-state index contributed by atoms with van der Waals surface area (Å²) in [7, 11) is 1.00. The zero-order chi connectivity index (χ0) is 20.0. The molecule has 0 aliphatic heterocycles. The highest BCUT2D eigenvalue weighted by Gasteiger charge is 2.04. The number of carbonyl (C=O) groups is 2. The highest BCUT2D eigenvalue weighted by atomic mass is 16.3. The Kier molecular flexibility index (Phi) is 21.7. The molecule has 6 heteroatoms. The lowest BCUT2D eigenvalue weighted by Gasteiger charge is -2.07. The fourth-order valence-electron chi connectivity index (χ4n) is 2.24. The summed E-state index contributed by atoms with van der Waals surface area (Å²) in [6.07, 6.45) is 6.78. The molecule has 150 valence electrons. The molecule has 0 bridgehead atoms. The molecule has 0 aliphatic rings. The second-order valence-electron chi connectivity index (χ2n) is 5.62. The van der Waals surface area contributed by atoms with E-state index in [9.17, 15) is 4.79 Å². The second kappa shape index (κ2) is 21.3. The van der Waals surface area contributed by atoms with E-state index in [2.05, 4.69) is 17.6 Å². The smallest absolute Gasteiger partial charge is 0.251 e. The van der Waals surface area contributed by atoms with Crippen LogP contribution in [0.2, 0.25) is 0 Å². The van der Waals surface area contributed by atoms with Gasteiger partial charge in [-0.15, -0.1) is 0 Å². The number of nitrogens with one attached hydrogen (secondary N) is 2. The van der Waals surface area contributed by atoms with E-state index in [0.717, 1.165) is 45.1 Å². The average molecular weight is 369 g/mol. The molecule has 1 aromatic carbocycles. The van der Waals surface area contributed by atoms with Crippen molar-refractivity contribution in [2.75, 3.05) is 26.8 Å². The van der Waals surface area contributed by atoms with E-state index in [1.807, 2.05) is 31.1 Å². The van der Waals surface area contributed by atoms with Gasteiger partial charge in [0.2, 0.25) is 0 Å². The van der Waals surface area contributed by atoms with E-state index in [4.69, 9.17) is 15.0 Å². The molecule has 0 unspecified atom stereocenters. The Morgan fingerprint density at radius 1 is 0.962 bits per heavy atom. The van der Waals surface area contributed by atoms with Gasteiger partial charge in [0.15, 0.2) is 0 Å². The quantitative estimate of drug-likeness (QED) is 0.424.